The second-order valence-corrected chi connectivity index (χ2v) is 2.02. The summed E-state index contributed by atoms with van der Waals surface area (Å²) in [6.07, 6.45) is 0.401. The van der Waals surface area contributed by atoms with Crippen molar-refractivity contribution in [2.45, 2.75) is 6.29 Å². The molecule has 5 nitrogen and oxygen atoms in total. The highest BCUT2D eigenvalue weighted by molar-refractivity contribution is 4.97. The van der Waals surface area contributed by atoms with Crippen LogP contribution in [-0.4, -0.2) is 5.11 Å². The number of aromatic nitrogens is 1. The number of nitrogens with zero attached hydrogens (tertiary/aromatic N) is 1. The van der Waals surface area contributed by atoms with Crippen LogP contribution in [0.15, 0.2) is 24.4 Å². The normalized spacial score (nSPS) is 12.9. The first-order valence-electron chi connectivity index (χ1n) is 3.05. The van der Waals surface area contributed by atoms with Gasteiger partial charge in [0.1, 0.15) is 0 Å². The van der Waals surface area contributed by atoms with Gasteiger partial charge >= 0.3 is 0 Å². The predicted octanol–water partition coefficient (Wildman–Crippen LogP) is -1.43. The molecule has 0 saturated carbocycles. The van der Waals surface area contributed by atoms with Crippen molar-refractivity contribution < 1.29 is 14.6 Å². The SMILES string of the molecule is NOC(O)c1cccc[n+]1N. The Morgan fingerprint density at radius 3 is 2.82 bits per heavy atom. The Morgan fingerprint density at radius 2 is 2.27 bits per heavy atom. The number of nitrogen functional groups attached to an aromatic ring is 1. The van der Waals surface area contributed by atoms with Gasteiger partial charge in [0.25, 0.3) is 12.0 Å². The molecule has 0 bridgehead atoms. The van der Waals surface area contributed by atoms with Gasteiger partial charge in [-0.15, -0.1) is 0 Å². The van der Waals surface area contributed by atoms with Crippen LogP contribution in [0.1, 0.15) is 12.0 Å². The standard InChI is InChI=1S/C6H10N3O2/c7-9-4-2-1-3-5(9)6(10)11-8/h1-4,6,10H,7-8H2/q+1. The van der Waals surface area contributed by atoms with E-state index in [9.17, 15) is 0 Å². The molecule has 5 N–H and O–H groups in total. The lowest BCUT2D eigenvalue weighted by atomic mass is 10.3. The molecular formula is C6H10N3O2+. The van der Waals surface area contributed by atoms with Crippen LogP contribution in [0.4, 0.5) is 0 Å². The molecule has 5 heteroatoms. The Balaban J connectivity index is 2.93. The highest BCUT2D eigenvalue weighted by Crippen LogP contribution is 2.04. The van der Waals surface area contributed by atoms with E-state index < -0.39 is 6.29 Å². The largest absolute Gasteiger partial charge is 0.358 e. The van der Waals surface area contributed by atoms with E-state index in [0.29, 0.717) is 5.69 Å². The lowest BCUT2D eigenvalue weighted by Gasteiger charge is -2.02. The van der Waals surface area contributed by atoms with E-state index >= 15 is 0 Å². The van der Waals surface area contributed by atoms with Gasteiger partial charge in [0, 0.05) is 12.1 Å². The Hall–Kier alpha value is -1.17. The Kier molecular flexibility index (Phi) is 2.37. The molecule has 11 heavy (non-hydrogen) atoms. The summed E-state index contributed by atoms with van der Waals surface area (Å²) in [7, 11) is 0. The summed E-state index contributed by atoms with van der Waals surface area (Å²) in [5.74, 6) is 10.2. The van der Waals surface area contributed by atoms with Gasteiger partial charge in [0.15, 0.2) is 6.20 Å². The molecular weight excluding hydrogens is 146 g/mol. The number of aliphatic hydroxyl groups excluding tert-OH is 1. The lowest BCUT2D eigenvalue weighted by Crippen LogP contribution is -2.49. The third-order valence-corrected chi connectivity index (χ3v) is 1.30. The van der Waals surface area contributed by atoms with Crippen LogP contribution in [0.2, 0.25) is 0 Å². The highest BCUT2D eigenvalue weighted by atomic mass is 16.7. The first-order chi connectivity index (χ1) is 5.25. The van der Waals surface area contributed by atoms with Gasteiger partial charge in [0.05, 0.1) is 0 Å². The van der Waals surface area contributed by atoms with Crippen molar-refractivity contribution in [3.05, 3.63) is 30.1 Å². The summed E-state index contributed by atoms with van der Waals surface area (Å²) < 4.78 is 1.23. The van der Waals surface area contributed by atoms with Gasteiger partial charge in [-0.05, 0) is 6.07 Å². The Morgan fingerprint density at radius 1 is 1.55 bits per heavy atom. The fourth-order valence-electron chi connectivity index (χ4n) is 0.748. The van der Waals surface area contributed by atoms with Gasteiger partial charge in [-0.3, -0.25) is 4.84 Å². The molecule has 0 aliphatic heterocycles. The van der Waals surface area contributed by atoms with Crippen LogP contribution >= 0.6 is 0 Å². The minimum Gasteiger partial charge on any atom is -0.358 e. The molecule has 1 rings (SSSR count). The summed E-state index contributed by atoms with van der Waals surface area (Å²) in [5, 5.41) is 9.06. The third-order valence-electron chi connectivity index (χ3n) is 1.30. The molecule has 0 aromatic carbocycles. The smallest absolute Gasteiger partial charge is 0.268 e. The van der Waals surface area contributed by atoms with E-state index in [1.807, 2.05) is 0 Å². The number of hydrogen-bond acceptors (Lipinski definition) is 4. The van der Waals surface area contributed by atoms with E-state index in [1.54, 1.807) is 24.4 Å². The van der Waals surface area contributed by atoms with E-state index in [4.69, 9.17) is 16.8 Å². The monoisotopic (exact) mass is 156 g/mol. The number of pyridine rings is 1. The Labute approximate surface area is 63.7 Å². The van der Waals surface area contributed by atoms with E-state index in [2.05, 4.69) is 4.84 Å². The highest BCUT2D eigenvalue weighted by Gasteiger charge is 2.16. The summed E-state index contributed by atoms with van der Waals surface area (Å²) in [5.41, 5.74) is 0.398. The molecule has 60 valence electrons. The maximum Gasteiger partial charge on any atom is 0.268 e. The van der Waals surface area contributed by atoms with Crippen LogP contribution in [0.3, 0.4) is 0 Å². The molecule has 1 aromatic rings. The van der Waals surface area contributed by atoms with Gasteiger partial charge in [0.2, 0.25) is 0 Å². The van der Waals surface area contributed by atoms with Crippen LogP contribution in [0, 0.1) is 0 Å². The van der Waals surface area contributed by atoms with Crippen molar-refractivity contribution >= 4 is 0 Å². The maximum atomic E-state index is 9.06. The minimum atomic E-state index is -1.18. The molecule has 1 heterocycles. The lowest BCUT2D eigenvalue weighted by molar-refractivity contribution is -0.655. The first-order valence-corrected chi connectivity index (χ1v) is 3.05. The quantitative estimate of drug-likeness (QED) is 0.212. The van der Waals surface area contributed by atoms with Crippen LogP contribution in [-0.2, 0) is 4.84 Å². The van der Waals surface area contributed by atoms with Gasteiger partial charge in [-0.2, -0.15) is 0 Å². The Bertz CT molecular complexity index is 241. The number of hydrogen-bond donors (Lipinski definition) is 3. The van der Waals surface area contributed by atoms with Gasteiger partial charge < -0.3 is 5.11 Å². The van der Waals surface area contributed by atoms with Crippen LogP contribution in [0.5, 0.6) is 0 Å². The minimum absolute atomic E-state index is 0.398. The van der Waals surface area contributed by atoms with E-state index in [0.717, 1.165) is 0 Å². The third kappa shape index (κ3) is 1.64. The average molecular weight is 156 g/mol. The maximum absolute atomic E-state index is 9.06. The summed E-state index contributed by atoms with van der Waals surface area (Å²) in [6, 6.07) is 5.06. The summed E-state index contributed by atoms with van der Waals surface area (Å²) >= 11 is 0. The average Bonchev–Trinajstić information content (AvgIpc) is 2.04. The molecule has 0 aliphatic rings. The molecule has 0 aliphatic carbocycles. The number of rotatable bonds is 2. The fourth-order valence-corrected chi connectivity index (χ4v) is 0.748. The number of aliphatic hydroxyl groups is 1. The topological polar surface area (TPSA) is 85.4 Å². The number of nitrogens with two attached hydrogens (primary N) is 2. The predicted molar refractivity (Wildman–Crippen MR) is 37.0 cm³/mol. The zero-order valence-corrected chi connectivity index (χ0v) is 5.84. The summed E-state index contributed by atoms with van der Waals surface area (Å²) in [4.78, 5) is 4.17. The molecule has 0 fully saturated rings. The van der Waals surface area contributed by atoms with Crippen molar-refractivity contribution in [2.24, 2.45) is 5.90 Å². The molecule has 0 amide bonds. The van der Waals surface area contributed by atoms with Crippen molar-refractivity contribution in [2.75, 3.05) is 5.84 Å². The van der Waals surface area contributed by atoms with E-state index in [1.165, 1.54) is 4.68 Å². The van der Waals surface area contributed by atoms with Crippen molar-refractivity contribution in [1.82, 2.24) is 0 Å². The van der Waals surface area contributed by atoms with Crippen molar-refractivity contribution in [3.8, 4) is 0 Å². The molecule has 1 unspecified atom stereocenters. The fraction of sp³-hybridized carbons (Fsp3) is 0.167. The molecule has 0 saturated heterocycles. The zero-order valence-electron chi connectivity index (χ0n) is 5.84. The molecule has 1 aromatic heterocycles. The molecule has 0 radical (unpaired) electrons. The van der Waals surface area contributed by atoms with E-state index in [-0.39, 0.29) is 0 Å². The van der Waals surface area contributed by atoms with Crippen LogP contribution < -0.4 is 16.4 Å². The summed E-state index contributed by atoms with van der Waals surface area (Å²) in [6.45, 7) is 0. The van der Waals surface area contributed by atoms with Gasteiger partial charge in [-0.25, -0.2) is 11.7 Å². The van der Waals surface area contributed by atoms with Crippen molar-refractivity contribution in [1.29, 1.82) is 0 Å². The second-order valence-electron chi connectivity index (χ2n) is 2.02. The zero-order chi connectivity index (χ0) is 8.27. The molecule has 1 atom stereocenters. The van der Waals surface area contributed by atoms with Gasteiger partial charge in [-0.1, -0.05) is 4.68 Å². The second kappa shape index (κ2) is 3.29. The van der Waals surface area contributed by atoms with Crippen LogP contribution in [0.25, 0.3) is 0 Å². The molecule has 0 spiro atoms. The first kappa shape index (κ1) is 7.93. The van der Waals surface area contributed by atoms with Crippen molar-refractivity contribution in [3.63, 3.8) is 0 Å².